The molecule has 0 radical (unpaired) electrons. The van der Waals surface area contributed by atoms with Crippen molar-refractivity contribution in [1.82, 2.24) is 0 Å². The topological polar surface area (TPSA) is 23.1 Å². The molecule has 104 valence electrons. The number of rotatable bonds is 5. The largest absolute Gasteiger partial charge is 2.00 e. The van der Waals surface area contributed by atoms with Crippen molar-refractivity contribution in [3.05, 3.63) is 66.0 Å². The van der Waals surface area contributed by atoms with Crippen LogP contribution in [0.25, 0.3) is 0 Å². The van der Waals surface area contributed by atoms with Gasteiger partial charge < -0.3 is 5.11 Å². The predicted octanol–water partition coefficient (Wildman–Crippen LogP) is 4.09. The first-order valence-corrected chi connectivity index (χ1v) is 7.44. The van der Waals surface area contributed by atoms with Gasteiger partial charge in [0.1, 0.15) is 0 Å². The van der Waals surface area contributed by atoms with Crippen molar-refractivity contribution in [2.24, 2.45) is 0 Å². The minimum absolute atomic E-state index is 0. The van der Waals surface area contributed by atoms with E-state index in [4.69, 9.17) is 0 Å². The van der Waals surface area contributed by atoms with E-state index >= 15 is 0 Å². The molecule has 0 fully saturated rings. The van der Waals surface area contributed by atoms with E-state index in [1.54, 1.807) is 0 Å². The van der Waals surface area contributed by atoms with Gasteiger partial charge in [0.2, 0.25) is 0 Å². The van der Waals surface area contributed by atoms with Crippen LogP contribution < -0.4 is 5.11 Å². The average molecular weight is 363 g/mol. The second kappa shape index (κ2) is 12.4. The van der Waals surface area contributed by atoms with Gasteiger partial charge in [0, 0.05) is 5.33 Å². The summed E-state index contributed by atoms with van der Waals surface area (Å²) in [5.74, 6) is 0.277. The third kappa shape index (κ3) is 8.98. The molecule has 1 aliphatic carbocycles. The van der Waals surface area contributed by atoms with Crippen molar-refractivity contribution >= 4 is 15.9 Å². The number of hydrogen-bond donors (Lipinski definition) is 0. The number of halogens is 1. The Morgan fingerprint density at radius 1 is 1.05 bits per heavy atom. The molecule has 19 heavy (non-hydrogen) atoms. The summed E-state index contributed by atoms with van der Waals surface area (Å²) in [6.45, 7) is 0. The standard InChI is InChI=1S/C11H15BrO.C5H5.Fe/c12-9-5-1-2-8-11(13)10-6-3-4-7-10;1-2-4-5-3-1;/h3-4,6-7,13H,1-2,5,8-9H2;1-5H;/q;-1;+2/p-1. The van der Waals surface area contributed by atoms with Gasteiger partial charge in [-0.15, -0.1) is 5.76 Å². The van der Waals surface area contributed by atoms with Gasteiger partial charge in [-0.25, -0.2) is 12.1 Å². The molecule has 0 heterocycles. The minimum Gasteiger partial charge on any atom is -0.875 e. The first kappa shape index (κ1) is 18.4. The van der Waals surface area contributed by atoms with E-state index in [9.17, 15) is 5.11 Å². The quantitative estimate of drug-likeness (QED) is 0.254. The molecule has 0 aliphatic heterocycles. The number of alkyl halides is 1. The fourth-order valence-corrected chi connectivity index (χ4v) is 1.98. The van der Waals surface area contributed by atoms with E-state index in [2.05, 4.69) is 15.9 Å². The summed E-state index contributed by atoms with van der Waals surface area (Å²) < 4.78 is 0. The SMILES string of the molecule is [Fe+2].[O-]C(CCCCCBr)=C1C=CC=C1.c1cc[cH-]c1. The first-order valence-electron chi connectivity index (χ1n) is 6.32. The molecule has 0 aromatic heterocycles. The maximum Gasteiger partial charge on any atom is 2.00 e. The van der Waals surface area contributed by atoms with Crippen LogP contribution in [0.1, 0.15) is 25.7 Å². The predicted molar refractivity (Wildman–Crippen MR) is 79.6 cm³/mol. The summed E-state index contributed by atoms with van der Waals surface area (Å²) in [6.07, 6.45) is 11.6. The van der Waals surface area contributed by atoms with E-state index < -0.39 is 0 Å². The molecule has 2 rings (SSSR count). The van der Waals surface area contributed by atoms with Crippen molar-refractivity contribution in [2.75, 3.05) is 5.33 Å². The van der Waals surface area contributed by atoms with Crippen molar-refractivity contribution in [1.29, 1.82) is 0 Å². The van der Waals surface area contributed by atoms with Gasteiger partial charge in [0.15, 0.2) is 0 Å². The Labute approximate surface area is 135 Å². The van der Waals surface area contributed by atoms with Gasteiger partial charge in [-0.2, -0.15) is 18.2 Å². The third-order valence-corrected chi connectivity index (χ3v) is 3.14. The molecular formula is C16H19BrFeO. The minimum atomic E-state index is 0. The molecule has 1 aromatic carbocycles. The third-order valence-electron chi connectivity index (χ3n) is 2.58. The maximum atomic E-state index is 11.5. The van der Waals surface area contributed by atoms with Crippen LogP contribution in [0.5, 0.6) is 0 Å². The molecule has 0 amide bonds. The van der Waals surface area contributed by atoms with Gasteiger partial charge in [-0.1, -0.05) is 53.1 Å². The van der Waals surface area contributed by atoms with Crippen LogP contribution >= 0.6 is 15.9 Å². The van der Waals surface area contributed by atoms with E-state index in [0.29, 0.717) is 6.42 Å². The van der Waals surface area contributed by atoms with Gasteiger partial charge in [0.05, 0.1) is 0 Å². The molecule has 1 aliphatic rings. The van der Waals surface area contributed by atoms with Crippen LogP contribution in [0.2, 0.25) is 0 Å². The fourth-order valence-electron chi connectivity index (χ4n) is 1.58. The molecule has 1 aromatic rings. The Morgan fingerprint density at radius 2 is 1.68 bits per heavy atom. The molecule has 0 unspecified atom stereocenters. The van der Waals surface area contributed by atoms with Crippen molar-refractivity contribution < 1.29 is 22.2 Å². The monoisotopic (exact) mass is 362 g/mol. The Bertz CT molecular complexity index is 360. The Morgan fingerprint density at radius 3 is 2.16 bits per heavy atom. The summed E-state index contributed by atoms with van der Waals surface area (Å²) in [4.78, 5) is 0. The van der Waals surface area contributed by atoms with Gasteiger partial charge in [0.25, 0.3) is 0 Å². The molecule has 0 spiro atoms. The van der Waals surface area contributed by atoms with Crippen LogP contribution in [0.15, 0.2) is 66.0 Å². The van der Waals surface area contributed by atoms with Crippen LogP contribution in [-0.2, 0) is 17.1 Å². The molecule has 1 nitrogen and oxygen atoms in total. The van der Waals surface area contributed by atoms with Crippen LogP contribution in [-0.4, -0.2) is 5.33 Å². The number of allylic oxidation sites excluding steroid dienone is 6. The normalized spacial score (nSPS) is 11.7. The smallest absolute Gasteiger partial charge is 0.875 e. The van der Waals surface area contributed by atoms with Gasteiger partial charge in [-0.05, 0) is 18.4 Å². The van der Waals surface area contributed by atoms with Crippen molar-refractivity contribution in [2.45, 2.75) is 25.7 Å². The zero-order valence-electron chi connectivity index (χ0n) is 10.9. The molecule has 0 saturated heterocycles. The molecular weight excluding hydrogens is 344 g/mol. The fraction of sp³-hybridized carbons (Fsp3) is 0.312. The summed E-state index contributed by atoms with van der Waals surface area (Å²) >= 11 is 3.37. The Kier molecular flexibility index (Phi) is 12.0. The number of unbranched alkanes of at least 4 members (excludes halogenated alkanes) is 2. The Balaban J connectivity index is 0.000000454. The average Bonchev–Trinajstić information content (AvgIpc) is 3.09. The summed E-state index contributed by atoms with van der Waals surface area (Å²) in [5.41, 5.74) is 0.860. The summed E-state index contributed by atoms with van der Waals surface area (Å²) in [6, 6.07) is 10.0. The van der Waals surface area contributed by atoms with Crippen LogP contribution in [0, 0.1) is 0 Å². The van der Waals surface area contributed by atoms with E-state index in [1.807, 2.05) is 54.6 Å². The zero-order valence-corrected chi connectivity index (χ0v) is 13.6. The second-order valence-electron chi connectivity index (χ2n) is 4.06. The van der Waals surface area contributed by atoms with E-state index in [1.165, 1.54) is 0 Å². The van der Waals surface area contributed by atoms with Crippen LogP contribution in [0.3, 0.4) is 0 Å². The molecule has 3 heteroatoms. The van der Waals surface area contributed by atoms with Gasteiger partial charge >= 0.3 is 17.1 Å². The van der Waals surface area contributed by atoms with Crippen LogP contribution in [0.4, 0.5) is 0 Å². The molecule has 0 atom stereocenters. The molecule has 0 N–H and O–H groups in total. The van der Waals surface area contributed by atoms with Crippen molar-refractivity contribution in [3.63, 3.8) is 0 Å². The van der Waals surface area contributed by atoms with Crippen molar-refractivity contribution in [3.8, 4) is 0 Å². The summed E-state index contributed by atoms with van der Waals surface area (Å²) in [5, 5.41) is 12.5. The van der Waals surface area contributed by atoms with E-state index in [-0.39, 0.29) is 22.8 Å². The molecule has 0 saturated carbocycles. The summed E-state index contributed by atoms with van der Waals surface area (Å²) in [7, 11) is 0. The Hall–Kier alpha value is -0.631. The second-order valence-corrected chi connectivity index (χ2v) is 4.85. The molecule has 0 bridgehead atoms. The number of hydrogen-bond acceptors (Lipinski definition) is 1. The maximum absolute atomic E-state index is 11.5. The zero-order chi connectivity index (χ0) is 13.1. The van der Waals surface area contributed by atoms with Gasteiger partial charge in [-0.3, -0.25) is 0 Å². The first-order chi connectivity index (χ1) is 8.84. The van der Waals surface area contributed by atoms with E-state index in [0.717, 1.165) is 30.2 Å².